The molecule has 0 bridgehead atoms. The van der Waals surface area contributed by atoms with Crippen LogP contribution in [0, 0.1) is 23.1 Å². The minimum atomic E-state index is -0.257. The van der Waals surface area contributed by atoms with Gasteiger partial charge in [-0.15, -0.1) is 0 Å². The molecule has 0 aromatic heterocycles. The van der Waals surface area contributed by atoms with E-state index >= 15 is 0 Å². The Morgan fingerprint density at radius 3 is 2.95 bits per heavy atom. The van der Waals surface area contributed by atoms with Crippen LogP contribution >= 0.6 is 0 Å². The van der Waals surface area contributed by atoms with Gasteiger partial charge in [0.1, 0.15) is 5.82 Å². The third-order valence-electron chi connectivity index (χ3n) is 4.46. The number of piperidine rings is 1. The predicted octanol–water partition coefficient (Wildman–Crippen LogP) is 2.66. The van der Waals surface area contributed by atoms with Crippen molar-refractivity contribution in [1.82, 2.24) is 10.2 Å². The van der Waals surface area contributed by atoms with E-state index in [0.717, 1.165) is 31.2 Å². The van der Waals surface area contributed by atoms with Gasteiger partial charge < -0.3 is 5.32 Å². The van der Waals surface area contributed by atoms with Gasteiger partial charge in [0, 0.05) is 19.1 Å². The van der Waals surface area contributed by atoms with E-state index in [-0.39, 0.29) is 5.82 Å². The Balaban J connectivity index is 1.58. The van der Waals surface area contributed by atoms with E-state index in [9.17, 15) is 4.39 Å². The summed E-state index contributed by atoms with van der Waals surface area (Å²) in [6.45, 7) is 3.86. The number of hydrogen-bond donors (Lipinski definition) is 1. The zero-order valence-electron chi connectivity index (χ0n) is 12.3. The first-order valence-electron chi connectivity index (χ1n) is 7.89. The Kier molecular flexibility index (Phi) is 4.52. The van der Waals surface area contributed by atoms with E-state index in [1.807, 2.05) is 0 Å². The highest BCUT2D eigenvalue weighted by Crippen LogP contribution is 2.23. The van der Waals surface area contributed by atoms with Crippen LogP contribution in [0.4, 0.5) is 4.39 Å². The van der Waals surface area contributed by atoms with Gasteiger partial charge in [-0.25, -0.2) is 4.39 Å². The average molecular weight is 287 g/mol. The summed E-state index contributed by atoms with van der Waals surface area (Å²) in [6, 6.07) is 7.37. The molecule has 1 saturated heterocycles. The minimum absolute atomic E-state index is 0.257. The maximum atomic E-state index is 13.4. The van der Waals surface area contributed by atoms with Crippen LogP contribution in [0.5, 0.6) is 0 Å². The molecule has 3 nitrogen and oxygen atoms in total. The molecule has 0 spiro atoms. The van der Waals surface area contributed by atoms with Crippen LogP contribution in [-0.2, 0) is 6.54 Å². The molecule has 1 unspecified atom stereocenters. The van der Waals surface area contributed by atoms with Crippen LogP contribution < -0.4 is 5.32 Å². The van der Waals surface area contributed by atoms with Crippen molar-refractivity contribution in [3.63, 3.8) is 0 Å². The smallest absolute Gasteiger partial charge is 0.123 e. The lowest BCUT2D eigenvalue weighted by Crippen LogP contribution is -2.39. The molecule has 1 atom stereocenters. The van der Waals surface area contributed by atoms with Gasteiger partial charge in [-0.3, -0.25) is 4.90 Å². The number of halogens is 1. The fraction of sp³-hybridized carbons (Fsp3) is 0.588. The van der Waals surface area contributed by atoms with Gasteiger partial charge in [0.25, 0.3) is 0 Å². The van der Waals surface area contributed by atoms with Crippen molar-refractivity contribution in [3.8, 4) is 6.07 Å². The van der Waals surface area contributed by atoms with Crippen molar-refractivity contribution >= 4 is 0 Å². The van der Waals surface area contributed by atoms with Crippen molar-refractivity contribution in [2.24, 2.45) is 5.92 Å². The molecule has 1 aromatic rings. The molecule has 1 aliphatic carbocycles. The second kappa shape index (κ2) is 6.55. The monoisotopic (exact) mass is 287 g/mol. The molecule has 3 rings (SSSR count). The van der Waals surface area contributed by atoms with Gasteiger partial charge in [-0.05, 0) is 68.5 Å². The topological polar surface area (TPSA) is 39.1 Å². The first-order chi connectivity index (χ1) is 10.2. The molecule has 1 aliphatic heterocycles. The zero-order valence-corrected chi connectivity index (χ0v) is 12.3. The number of rotatable bonds is 5. The number of benzene rings is 1. The Bertz CT molecular complexity index is 533. The van der Waals surface area contributed by atoms with E-state index in [0.29, 0.717) is 18.0 Å². The lowest BCUT2D eigenvalue weighted by Gasteiger charge is -2.33. The first kappa shape index (κ1) is 14.5. The van der Waals surface area contributed by atoms with Gasteiger partial charge in [0.15, 0.2) is 0 Å². The van der Waals surface area contributed by atoms with Crippen LogP contribution in [0.15, 0.2) is 18.2 Å². The van der Waals surface area contributed by atoms with Gasteiger partial charge in [0.2, 0.25) is 0 Å². The summed E-state index contributed by atoms with van der Waals surface area (Å²) in [5.74, 6) is 0.423. The fourth-order valence-corrected chi connectivity index (χ4v) is 3.13. The maximum Gasteiger partial charge on any atom is 0.123 e. The van der Waals surface area contributed by atoms with E-state index < -0.39 is 0 Å². The van der Waals surface area contributed by atoms with Crippen LogP contribution in [-0.4, -0.2) is 30.6 Å². The molecular weight excluding hydrogens is 265 g/mol. The Labute approximate surface area is 125 Å². The SMILES string of the molecule is N#Cc1ccc(F)cc1CN1CCCC(CNC2CC2)C1. The highest BCUT2D eigenvalue weighted by molar-refractivity contribution is 5.37. The molecule has 21 heavy (non-hydrogen) atoms. The minimum Gasteiger partial charge on any atom is -0.314 e. The third kappa shape index (κ3) is 4.03. The highest BCUT2D eigenvalue weighted by Gasteiger charge is 2.25. The molecule has 1 N–H and O–H groups in total. The number of hydrogen-bond acceptors (Lipinski definition) is 3. The summed E-state index contributed by atoms with van der Waals surface area (Å²) in [6.07, 6.45) is 5.11. The summed E-state index contributed by atoms with van der Waals surface area (Å²) < 4.78 is 13.4. The maximum absolute atomic E-state index is 13.4. The average Bonchev–Trinajstić information content (AvgIpc) is 3.30. The Morgan fingerprint density at radius 2 is 2.19 bits per heavy atom. The summed E-state index contributed by atoms with van der Waals surface area (Å²) in [5.41, 5.74) is 1.41. The standard InChI is InChI=1S/C17H22FN3/c18-16-4-3-14(9-19)15(8-16)12-21-7-1-2-13(11-21)10-20-17-5-6-17/h3-4,8,13,17,20H,1-2,5-7,10-12H2. The van der Waals surface area contributed by atoms with Crippen molar-refractivity contribution < 1.29 is 4.39 Å². The Morgan fingerprint density at radius 1 is 1.33 bits per heavy atom. The molecular formula is C17H22FN3. The second-order valence-corrected chi connectivity index (χ2v) is 6.34. The summed E-state index contributed by atoms with van der Waals surface area (Å²) in [7, 11) is 0. The lowest BCUT2D eigenvalue weighted by atomic mass is 9.97. The van der Waals surface area contributed by atoms with Crippen LogP contribution in [0.2, 0.25) is 0 Å². The second-order valence-electron chi connectivity index (χ2n) is 6.34. The number of nitrogens with one attached hydrogen (secondary N) is 1. The normalized spacial score (nSPS) is 23.0. The Hall–Kier alpha value is -1.44. The van der Waals surface area contributed by atoms with Crippen LogP contribution in [0.1, 0.15) is 36.8 Å². The zero-order chi connectivity index (χ0) is 14.7. The van der Waals surface area contributed by atoms with Crippen molar-refractivity contribution in [2.45, 2.75) is 38.3 Å². The number of likely N-dealkylation sites (tertiary alicyclic amines) is 1. The highest BCUT2D eigenvalue weighted by atomic mass is 19.1. The van der Waals surface area contributed by atoms with Crippen molar-refractivity contribution in [2.75, 3.05) is 19.6 Å². The number of nitrogens with zero attached hydrogens (tertiary/aromatic N) is 2. The summed E-state index contributed by atoms with van der Waals surface area (Å²) >= 11 is 0. The third-order valence-corrected chi connectivity index (χ3v) is 4.46. The molecule has 4 heteroatoms. The molecule has 1 heterocycles. The van der Waals surface area contributed by atoms with Gasteiger partial charge in [0.05, 0.1) is 11.6 Å². The summed E-state index contributed by atoms with van der Waals surface area (Å²) in [5, 5.41) is 12.7. The van der Waals surface area contributed by atoms with E-state index in [1.54, 1.807) is 6.07 Å². The van der Waals surface area contributed by atoms with Gasteiger partial charge in [-0.2, -0.15) is 5.26 Å². The predicted molar refractivity (Wildman–Crippen MR) is 80.1 cm³/mol. The van der Waals surface area contributed by atoms with Crippen molar-refractivity contribution in [1.29, 1.82) is 5.26 Å². The molecule has 2 fully saturated rings. The number of nitriles is 1. The quantitative estimate of drug-likeness (QED) is 0.905. The first-order valence-corrected chi connectivity index (χ1v) is 7.89. The van der Waals surface area contributed by atoms with E-state index in [1.165, 1.54) is 37.8 Å². The summed E-state index contributed by atoms with van der Waals surface area (Å²) in [4.78, 5) is 2.36. The lowest BCUT2D eigenvalue weighted by molar-refractivity contribution is 0.165. The fourth-order valence-electron chi connectivity index (χ4n) is 3.13. The van der Waals surface area contributed by atoms with E-state index in [4.69, 9.17) is 5.26 Å². The largest absolute Gasteiger partial charge is 0.314 e. The van der Waals surface area contributed by atoms with Gasteiger partial charge in [-0.1, -0.05) is 0 Å². The van der Waals surface area contributed by atoms with E-state index in [2.05, 4.69) is 16.3 Å². The molecule has 1 aromatic carbocycles. The van der Waals surface area contributed by atoms with Crippen LogP contribution in [0.25, 0.3) is 0 Å². The molecule has 0 amide bonds. The molecule has 2 aliphatic rings. The van der Waals surface area contributed by atoms with Gasteiger partial charge >= 0.3 is 0 Å². The van der Waals surface area contributed by atoms with Crippen LogP contribution in [0.3, 0.4) is 0 Å². The molecule has 112 valence electrons. The van der Waals surface area contributed by atoms with Crippen molar-refractivity contribution in [3.05, 3.63) is 35.1 Å². The molecule has 1 saturated carbocycles. The molecule has 0 radical (unpaired) electrons.